The molecular weight excluding hydrogens is 264 g/mol. The first-order valence-electron chi connectivity index (χ1n) is 6.67. The minimum absolute atomic E-state index is 0.176. The number of rotatable bonds is 5. The van der Waals surface area contributed by atoms with Gasteiger partial charge in [-0.15, -0.1) is 0 Å². The fourth-order valence-electron chi connectivity index (χ4n) is 1.80. The summed E-state index contributed by atoms with van der Waals surface area (Å²) in [7, 11) is 0. The summed E-state index contributed by atoms with van der Waals surface area (Å²) in [5.41, 5.74) is 2.14. The molecule has 0 heterocycles. The second kappa shape index (κ2) is 7.11. The summed E-state index contributed by atoms with van der Waals surface area (Å²) in [4.78, 5) is 11.8. The van der Waals surface area contributed by atoms with Crippen molar-refractivity contribution in [2.24, 2.45) is 0 Å². The zero-order chi connectivity index (χ0) is 15.1. The highest BCUT2D eigenvalue weighted by molar-refractivity contribution is 5.92. The number of hydrogen-bond acceptors (Lipinski definition) is 3. The molecule has 0 saturated carbocycles. The van der Waals surface area contributed by atoms with Gasteiger partial charge >= 0.3 is 0 Å². The zero-order valence-electron chi connectivity index (χ0n) is 11.8. The molecule has 0 saturated heterocycles. The van der Waals surface area contributed by atoms with E-state index in [2.05, 4.69) is 5.32 Å². The van der Waals surface area contributed by atoms with Crippen molar-refractivity contribution in [1.29, 1.82) is 5.26 Å². The normalized spacial score (nSPS) is 9.71. The Morgan fingerprint density at radius 3 is 2.62 bits per heavy atom. The Morgan fingerprint density at radius 2 is 1.90 bits per heavy atom. The Labute approximate surface area is 124 Å². The van der Waals surface area contributed by atoms with Crippen LogP contribution in [0.15, 0.2) is 48.5 Å². The Kier molecular flexibility index (Phi) is 4.94. The van der Waals surface area contributed by atoms with E-state index in [1.54, 1.807) is 24.3 Å². The topological polar surface area (TPSA) is 62.1 Å². The van der Waals surface area contributed by atoms with E-state index >= 15 is 0 Å². The first-order valence-corrected chi connectivity index (χ1v) is 6.67. The fraction of sp³-hybridized carbons (Fsp3) is 0.176. The molecule has 2 aromatic carbocycles. The first kappa shape index (κ1) is 14.6. The third-order valence-corrected chi connectivity index (χ3v) is 2.94. The summed E-state index contributed by atoms with van der Waals surface area (Å²) >= 11 is 0. The minimum Gasteiger partial charge on any atom is -0.493 e. The molecule has 0 fully saturated rings. The number of ether oxygens (including phenoxy) is 1. The highest BCUT2D eigenvalue weighted by Gasteiger charge is 2.06. The van der Waals surface area contributed by atoms with Gasteiger partial charge in [-0.2, -0.15) is 5.26 Å². The van der Waals surface area contributed by atoms with Gasteiger partial charge in [-0.05, 0) is 31.2 Å². The third-order valence-electron chi connectivity index (χ3n) is 2.94. The van der Waals surface area contributed by atoms with Gasteiger partial charge < -0.3 is 10.1 Å². The summed E-state index contributed by atoms with van der Waals surface area (Å²) in [6.45, 7) is 2.30. The van der Waals surface area contributed by atoms with E-state index in [0.717, 1.165) is 11.3 Å². The number of carbonyl (C=O) groups excluding carboxylic acids is 1. The number of amides is 1. The van der Waals surface area contributed by atoms with E-state index in [9.17, 15) is 4.79 Å². The van der Waals surface area contributed by atoms with Gasteiger partial charge in [0.25, 0.3) is 0 Å². The monoisotopic (exact) mass is 280 g/mol. The second-order valence-corrected chi connectivity index (χ2v) is 4.62. The molecule has 2 aromatic rings. The molecule has 1 N–H and O–H groups in total. The van der Waals surface area contributed by atoms with Crippen molar-refractivity contribution < 1.29 is 9.53 Å². The van der Waals surface area contributed by atoms with Gasteiger partial charge in [-0.1, -0.05) is 29.8 Å². The van der Waals surface area contributed by atoms with Crippen LogP contribution in [0.5, 0.6) is 5.75 Å². The number of para-hydroxylation sites is 1. The van der Waals surface area contributed by atoms with Crippen LogP contribution in [0.1, 0.15) is 17.5 Å². The smallest absolute Gasteiger partial charge is 0.227 e. The predicted molar refractivity (Wildman–Crippen MR) is 81.1 cm³/mol. The molecule has 1 amide bonds. The molecule has 0 radical (unpaired) electrons. The quantitative estimate of drug-likeness (QED) is 0.914. The van der Waals surface area contributed by atoms with Crippen LogP contribution in [0.3, 0.4) is 0 Å². The molecule has 106 valence electrons. The van der Waals surface area contributed by atoms with Crippen molar-refractivity contribution in [3.8, 4) is 11.8 Å². The van der Waals surface area contributed by atoms with Gasteiger partial charge in [0.1, 0.15) is 11.8 Å². The van der Waals surface area contributed by atoms with Crippen LogP contribution in [0.25, 0.3) is 0 Å². The zero-order valence-corrected chi connectivity index (χ0v) is 11.8. The summed E-state index contributed by atoms with van der Waals surface area (Å²) < 4.78 is 5.50. The van der Waals surface area contributed by atoms with Gasteiger partial charge in [-0.25, -0.2) is 0 Å². The SMILES string of the molecule is Cc1ccc(OCCC(=O)Nc2ccccc2C#N)cc1. The number of hydrogen-bond donors (Lipinski definition) is 1. The van der Waals surface area contributed by atoms with Gasteiger partial charge in [0.2, 0.25) is 5.91 Å². The molecular formula is C17H16N2O2. The van der Waals surface area contributed by atoms with Crippen LogP contribution in [0, 0.1) is 18.3 Å². The van der Waals surface area contributed by atoms with E-state index in [1.165, 1.54) is 0 Å². The molecule has 0 unspecified atom stereocenters. The maximum atomic E-state index is 11.8. The Balaban J connectivity index is 1.82. The van der Waals surface area contributed by atoms with E-state index in [4.69, 9.17) is 10.00 Å². The van der Waals surface area contributed by atoms with Crippen LogP contribution < -0.4 is 10.1 Å². The standard InChI is InChI=1S/C17H16N2O2/c1-13-6-8-15(9-7-13)21-11-10-17(20)19-16-5-3-2-4-14(16)12-18/h2-9H,10-11H2,1H3,(H,19,20). The lowest BCUT2D eigenvalue weighted by Gasteiger charge is -2.08. The van der Waals surface area contributed by atoms with Crippen molar-refractivity contribution in [1.82, 2.24) is 0 Å². The van der Waals surface area contributed by atoms with Crippen LogP contribution in [0.4, 0.5) is 5.69 Å². The highest BCUT2D eigenvalue weighted by atomic mass is 16.5. The average molecular weight is 280 g/mol. The van der Waals surface area contributed by atoms with Gasteiger partial charge in [-0.3, -0.25) is 4.79 Å². The maximum absolute atomic E-state index is 11.8. The van der Waals surface area contributed by atoms with Crippen molar-refractivity contribution in [2.45, 2.75) is 13.3 Å². The van der Waals surface area contributed by atoms with Crippen LogP contribution in [-0.2, 0) is 4.79 Å². The molecule has 0 aliphatic rings. The van der Waals surface area contributed by atoms with Crippen molar-refractivity contribution in [3.63, 3.8) is 0 Å². The van der Waals surface area contributed by atoms with Crippen molar-refractivity contribution in [3.05, 3.63) is 59.7 Å². The highest BCUT2D eigenvalue weighted by Crippen LogP contribution is 2.14. The molecule has 21 heavy (non-hydrogen) atoms. The van der Waals surface area contributed by atoms with E-state index in [0.29, 0.717) is 17.9 Å². The number of aryl methyl sites for hydroxylation is 1. The number of nitrogens with one attached hydrogen (secondary N) is 1. The molecule has 0 aromatic heterocycles. The number of nitriles is 1. The third kappa shape index (κ3) is 4.36. The molecule has 0 bridgehead atoms. The number of carbonyl (C=O) groups is 1. The molecule has 0 aliphatic carbocycles. The second-order valence-electron chi connectivity index (χ2n) is 4.62. The van der Waals surface area contributed by atoms with Crippen molar-refractivity contribution in [2.75, 3.05) is 11.9 Å². The summed E-state index contributed by atoms with van der Waals surface area (Å²) in [5.74, 6) is 0.565. The van der Waals surface area contributed by atoms with E-state index in [-0.39, 0.29) is 12.3 Å². The molecule has 4 nitrogen and oxygen atoms in total. The van der Waals surface area contributed by atoms with E-state index < -0.39 is 0 Å². The van der Waals surface area contributed by atoms with Gasteiger partial charge in [0.15, 0.2) is 0 Å². The number of nitrogens with zero attached hydrogens (tertiary/aromatic N) is 1. The maximum Gasteiger partial charge on any atom is 0.227 e. The lowest BCUT2D eigenvalue weighted by atomic mass is 10.2. The van der Waals surface area contributed by atoms with Gasteiger partial charge in [0.05, 0.1) is 24.3 Å². The van der Waals surface area contributed by atoms with Gasteiger partial charge in [0, 0.05) is 0 Å². The molecule has 2 rings (SSSR count). The van der Waals surface area contributed by atoms with Crippen LogP contribution >= 0.6 is 0 Å². The van der Waals surface area contributed by atoms with E-state index in [1.807, 2.05) is 37.3 Å². The van der Waals surface area contributed by atoms with Crippen molar-refractivity contribution >= 4 is 11.6 Å². The summed E-state index contributed by atoms with van der Waals surface area (Å²) in [6.07, 6.45) is 0.230. The van der Waals surface area contributed by atoms with Crippen LogP contribution in [-0.4, -0.2) is 12.5 Å². The van der Waals surface area contributed by atoms with Crippen LogP contribution in [0.2, 0.25) is 0 Å². The number of benzene rings is 2. The summed E-state index contributed by atoms with van der Waals surface area (Å²) in [6, 6.07) is 16.6. The largest absolute Gasteiger partial charge is 0.493 e. The lowest BCUT2D eigenvalue weighted by molar-refractivity contribution is -0.116. The fourth-order valence-corrected chi connectivity index (χ4v) is 1.80. The molecule has 0 spiro atoms. The lowest BCUT2D eigenvalue weighted by Crippen LogP contribution is -2.15. The Morgan fingerprint density at radius 1 is 1.19 bits per heavy atom. The molecule has 0 aliphatic heterocycles. The number of anilines is 1. The summed E-state index contributed by atoms with van der Waals surface area (Å²) in [5, 5.41) is 11.7. The molecule has 0 atom stereocenters. The Hall–Kier alpha value is -2.80. The Bertz CT molecular complexity index is 657. The minimum atomic E-state index is -0.176. The first-order chi connectivity index (χ1) is 10.2. The predicted octanol–water partition coefficient (Wildman–Crippen LogP) is 3.27. The molecule has 4 heteroatoms. The average Bonchev–Trinajstić information content (AvgIpc) is 2.50.